The van der Waals surface area contributed by atoms with Crippen molar-refractivity contribution < 1.29 is 4.79 Å². The molecule has 0 heterocycles. The third-order valence-corrected chi connectivity index (χ3v) is 1.84. The molecule has 52 valence electrons. The summed E-state index contributed by atoms with van der Waals surface area (Å²) in [4.78, 5) is 10.9. The zero-order chi connectivity index (χ0) is 7.56. The molecule has 0 fully saturated rings. The zero-order valence-corrected chi connectivity index (χ0v) is 6.95. The molecule has 2 heteroatoms. The average molecular weight is 152 g/mol. The van der Waals surface area contributed by atoms with Crippen molar-refractivity contribution in [3.8, 4) is 0 Å². The van der Waals surface area contributed by atoms with Gasteiger partial charge in [-0.05, 0) is 12.2 Å². The third kappa shape index (κ3) is 1.43. The Balaban J connectivity index is 3.15. The molecule has 0 N–H and O–H groups in total. The fourth-order valence-electron chi connectivity index (χ4n) is 0.818. The summed E-state index contributed by atoms with van der Waals surface area (Å²) in [5, 5.41) is 0.968. The molecule has 1 aromatic rings. The minimum Gasteiger partial charge on any atom is -0.294 e. The van der Waals surface area contributed by atoms with Gasteiger partial charge in [0.1, 0.15) is 0 Å². The lowest BCUT2D eigenvalue weighted by atomic mass is 10.1. The average Bonchev–Trinajstić information content (AvgIpc) is 1.88. The van der Waals surface area contributed by atoms with E-state index in [-0.39, 0.29) is 5.78 Å². The smallest absolute Gasteiger partial charge is 0.160 e. The minimum absolute atomic E-state index is 0.116. The Kier molecular flexibility index (Phi) is 2.18. The fraction of sp³-hybridized carbons (Fsp3) is 0.125. The summed E-state index contributed by atoms with van der Waals surface area (Å²) in [7, 11) is 2.53. The Morgan fingerprint density at radius 3 is 2.40 bits per heavy atom. The maximum atomic E-state index is 10.9. The summed E-state index contributed by atoms with van der Waals surface area (Å²) >= 11 is 0. The van der Waals surface area contributed by atoms with E-state index in [1.807, 2.05) is 24.3 Å². The van der Waals surface area contributed by atoms with Crippen LogP contribution in [0.5, 0.6) is 0 Å². The van der Waals surface area contributed by atoms with Crippen LogP contribution in [-0.2, 0) is 0 Å². The lowest BCUT2D eigenvalue weighted by Gasteiger charge is -1.97. The quantitative estimate of drug-likeness (QED) is 0.439. The van der Waals surface area contributed by atoms with Crippen LogP contribution >= 0.6 is 9.24 Å². The van der Waals surface area contributed by atoms with E-state index in [4.69, 9.17) is 0 Å². The zero-order valence-electron chi connectivity index (χ0n) is 5.79. The first-order chi connectivity index (χ1) is 4.72. The number of hydrogen-bond donors (Lipinski definition) is 0. The summed E-state index contributed by atoms with van der Waals surface area (Å²) in [5.41, 5.74) is 0.785. The minimum atomic E-state index is 0.116. The van der Waals surface area contributed by atoms with E-state index in [1.165, 1.54) is 0 Å². The molecule has 0 saturated heterocycles. The van der Waals surface area contributed by atoms with Crippen LogP contribution in [0.1, 0.15) is 17.3 Å². The first kappa shape index (κ1) is 7.43. The molecular weight excluding hydrogens is 143 g/mol. The van der Waals surface area contributed by atoms with Crippen molar-refractivity contribution in [2.24, 2.45) is 0 Å². The fourth-order valence-corrected chi connectivity index (χ4v) is 1.23. The van der Waals surface area contributed by atoms with E-state index in [2.05, 4.69) is 9.24 Å². The molecule has 1 rings (SSSR count). The second kappa shape index (κ2) is 2.94. The molecule has 10 heavy (non-hydrogen) atoms. The number of carbonyl (C=O) groups excluding carboxylic acids is 1. The van der Waals surface area contributed by atoms with Crippen LogP contribution in [0.4, 0.5) is 0 Å². The SMILES string of the molecule is CC(=O)c1ccccc1P. The largest absolute Gasteiger partial charge is 0.294 e. The predicted octanol–water partition coefficient (Wildman–Crippen LogP) is 1.39. The summed E-state index contributed by atoms with van der Waals surface area (Å²) in [6.07, 6.45) is 0. The van der Waals surface area contributed by atoms with Crippen LogP contribution in [0.15, 0.2) is 24.3 Å². The van der Waals surface area contributed by atoms with Crippen LogP contribution < -0.4 is 5.30 Å². The van der Waals surface area contributed by atoms with Gasteiger partial charge in [0.2, 0.25) is 0 Å². The Hall–Kier alpha value is -0.680. The van der Waals surface area contributed by atoms with E-state index >= 15 is 0 Å². The Bertz CT molecular complexity index is 255. The van der Waals surface area contributed by atoms with Gasteiger partial charge in [0, 0.05) is 5.56 Å². The van der Waals surface area contributed by atoms with Gasteiger partial charge in [-0.2, -0.15) is 0 Å². The highest BCUT2D eigenvalue weighted by Gasteiger charge is 1.99. The Labute approximate surface area is 62.7 Å². The summed E-state index contributed by atoms with van der Waals surface area (Å²) in [6, 6.07) is 7.51. The molecule has 1 unspecified atom stereocenters. The summed E-state index contributed by atoms with van der Waals surface area (Å²) in [5.74, 6) is 0.116. The van der Waals surface area contributed by atoms with E-state index in [1.54, 1.807) is 6.92 Å². The molecule has 0 bridgehead atoms. The lowest BCUT2D eigenvalue weighted by Crippen LogP contribution is -2.04. The van der Waals surface area contributed by atoms with Crippen molar-refractivity contribution in [2.45, 2.75) is 6.92 Å². The highest BCUT2D eigenvalue weighted by Crippen LogP contribution is 2.00. The van der Waals surface area contributed by atoms with Gasteiger partial charge in [-0.3, -0.25) is 4.79 Å². The van der Waals surface area contributed by atoms with Crippen LogP contribution in [0.2, 0.25) is 0 Å². The molecule has 0 amide bonds. The van der Waals surface area contributed by atoms with Gasteiger partial charge < -0.3 is 0 Å². The summed E-state index contributed by atoms with van der Waals surface area (Å²) in [6.45, 7) is 1.57. The van der Waals surface area contributed by atoms with E-state index in [9.17, 15) is 4.79 Å². The molecule has 0 aromatic heterocycles. The lowest BCUT2D eigenvalue weighted by molar-refractivity contribution is 0.101. The van der Waals surface area contributed by atoms with Crippen LogP contribution in [0.3, 0.4) is 0 Å². The van der Waals surface area contributed by atoms with Crippen LogP contribution in [0.25, 0.3) is 0 Å². The molecular formula is C8H9OP. The van der Waals surface area contributed by atoms with E-state index < -0.39 is 0 Å². The van der Waals surface area contributed by atoms with E-state index in [0.29, 0.717) is 0 Å². The molecule has 0 aliphatic heterocycles. The van der Waals surface area contributed by atoms with Crippen molar-refractivity contribution in [3.63, 3.8) is 0 Å². The Morgan fingerprint density at radius 2 is 2.00 bits per heavy atom. The normalized spacial score (nSPS) is 9.40. The number of carbonyl (C=O) groups is 1. The molecule has 0 spiro atoms. The molecule has 0 saturated carbocycles. The Morgan fingerprint density at radius 1 is 1.40 bits per heavy atom. The van der Waals surface area contributed by atoms with Gasteiger partial charge in [0.25, 0.3) is 0 Å². The molecule has 1 atom stereocenters. The van der Waals surface area contributed by atoms with Crippen molar-refractivity contribution in [3.05, 3.63) is 29.8 Å². The number of ketones is 1. The number of hydrogen-bond acceptors (Lipinski definition) is 1. The van der Waals surface area contributed by atoms with Gasteiger partial charge in [-0.1, -0.05) is 24.3 Å². The van der Waals surface area contributed by atoms with Crippen molar-refractivity contribution in [1.29, 1.82) is 0 Å². The monoisotopic (exact) mass is 152 g/mol. The van der Waals surface area contributed by atoms with Crippen LogP contribution in [-0.4, -0.2) is 5.78 Å². The molecule has 0 radical (unpaired) electrons. The van der Waals surface area contributed by atoms with Crippen molar-refractivity contribution in [2.75, 3.05) is 0 Å². The predicted molar refractivity (Wildman–Crippen MR) is 45.8 cm³/mol. The molecule has 1 nitrogen and oxygen atoms in total. The molecule has 0 aliphatic rings. The summed E-state index contributed by atoms with van der Waals surface area (Å²) < 4.78 is 0. The second-order valence-electron chi connectivity index (χ2n) is 2.14. The third-order valence-electron chi connectivity index (χ3n) is 1.34. The van der Waals surface area contributed by atoms with Gasteiger partial charge in [0.05, 0.1) is 0 Å². The highest BCUT2D eigenvalue weighted by molar-refractivity contribution is 7.27. The first-order valence-corrected chi connectivity index (χ1v) is 3.65. The maximum Gasteiger partial charge on any atom is 0.160 e. The van der Waals surface area contributed by atoms with Crippen molar-refractivity contribution >= 4 is 20.3 Å². The maximum absolute atomic E-state index is 10.9. The topological polar surface area (TPSA) is 17.1 Å². The van der Waals surface area contributed by atoms with Crippen LogP contribution in [0, 0.1) is 0 Å². The van der Waals surface area contributed by atoms with Gasteiger partial charge in [0.15, 0.2) is 5.78 Å². The van der Waals surface area contributed by atoms with Gasteiger partial charge in [-0.15, -0.1) is 9.24 Å². The first-order valence-electron chi connectivity index (χ1n) is 3.07. The molecule has 1 aromatic carbocycles. The standard InChI is InChI=1S/C8H9OP/c1-6(9)7-4-2-3-5-8(7)10/h2-5H,10H2,1H3. The van der Waals surface area contributed by atoms with Gasteiger partial charge >= 0.3 is 0 Å². The van der Waals surface area contributed by atoms with E-state index in [0.717, 1.165) is 10.9 Å². The van der Waals surface area contributed by atoms with Crippen molar-refractivity contribution in [1.82, 2.24) is 0 Å². The second-order valence-corrected chi connectivity index (χ2v) is 2.77. The van der Waals surface area contributed by atoms with Gasteiger partial charge in [-0.25, -0.2) is 0 Å². The molecule has 0 aliphatic carbocycles. The number of rotatable bonds is 1. The number of Topliss-reactive ketones (excluding diaryl/α,β-unsaturated/α-hetero) is 1. The highest BCUT2D eigenvalue weighted by atomic mass is 31.0. The number of benzene rings is 1.